The van der Waals surface area contributed by atoms with Gasteiger partial charge < -0.3 is 4.74 Å². The monoisotopic (exact) mass is 190 g/mol. The van der Waals surface area contributed by atoms with Gasteiger partial charge in [0, 0.05) is 6.08 Å². The summed E-state index contributed by atoms with van der Waals surface area (Å²) in [5, 5.41) is 0. The van der Waals surface area contributed by atoms with Gasteiger partial charge in [0.2, 0.25) is 0 Å². The van der Waals surface area contributed by atoms with Crippen LogP contribution < -0.4 is 4.74 Å². The van der Waals surface area contributed by atoms with Gasteiger partial charge in [-0.3, -0.25) is 0 Å². The number of carbonyl (C=O) groups is 1. The molecule has 1 rings (SSSR count). The predicted molar refractivity (Wildman–Crippen MR) is 56.3 cm³/mol. The molecule has 0 fully saturated rings. The fraction of sp³-hybridized carbons (Fsp3) is 0.250. The molecule has 14 heavy (non-hydrogen) atoms. The van der Waals surface area contributed by atoms with E-state index in [1.807, 2.05) is 25.1 Å². The van der Waals surface area contributed by atoms with Gasteiger partial charge in [-0.25, -0.2) is 4.79 Å². The van der Waals surface area contributed by atoms with E-state index >= 15 is 0 Å². The Hall–Kier alpha value is -1.57. The molecule has 0 aliphatic rings. The Balaban J connectivity index is 2.80. The van der Waals surface area contributed by atoms with E-state index in [9.17, 15) is 4.79 Å². The van der Waals surface area contributed by atoms with Crippen LogP contribution in [0.2, 0.25) is 0 Å². The van der Waals surface area contributed by atoms with Gasteiger partial charge in [-0.15, -0.1) is 0 Å². The maximum atomic E-state index is 11.2. The standard InChI is InChI=1S/C12H14O2/c1-3-7-12(13)14-11-9-6-5-8-10(11)4-2/h3,5-9H,4H2,1-2H3/b7-3+. The Labute approximate surface area is 84.2 Å². The molecule has 0 aliphatic heterocycles. The lowest BCUT2D eigenvalue weighted by molar-refractivity contribution is -0.129. The molecule has 0 heterocycles. The van der Waals surface area contributed by atoms with Crippen LogP contribution in [0.5, 0.6) is 5.75 Å². The molecule has 1 aromatic rings. The van der Waals surface area contributed by atoms with Crippen molar-refractivity contribution in [3.8, 4) is 5.75 Å². The fourth-order valence-electron chi connectivity index (χ4n) is 1.17. The number of hydrogen-bond acceptors (Lipinski definition) is 2. The summed E-state index contributed by atoms with van der Waals surface area (Å²) in [5.74, 6) is 0.325. The van der Waals surface area contributed by atoms with Crippen LogP contribution in [-0.2, 0) is 11.2 Å². The summed E-state index contributed by atoms with van der Waals surface area (Å²) < 4.78 is 5.15. The highest BCUT2D eigenvalue weighted by atomic mass is 16.5. The summed E-state index contributed by atoms with van der Waals surface area (Å²) in [4.78, 5) is 11.2. The maximum Gasteiger partial charge on any atom is 0.335 e. The topological polar surface area (TPSA) is 26.3 Å². The predicted octanol–water partition coefficient (Wildman–Crippen LogP) is 2.73. The number of hydrogen-bond donors (Lipinski definition) is 0. The van der Waals surface area contributed by atoms with E-state index in [1.54, 1.807) is 19.1 Å². The molecule has 0 atom stereocenters. The lowest BCUT2D eigenvalue weighted by atomic mass is 10.1. The zero-order valence-corrected chi connectivity index (χ0v) is 8.49. The first-order valence-electron chi connectivity index (χ1n) is 4.70. The van der Waals surface area contributed by atoms with E-state index in [1.165, 1.54) is 6.08 Å². The third-order valence-electron chi connectivity index (χ3n) is 1.87. The highest BCUT2D eigenvalue weighted by Crippen LogP contribution is 2.18. The molecule has 0 radical (unpaired) electrons. The van der Waals surface area contributed by atoms with Gasteiger partial charge in [0.05, 0.1) is 0 Å². The minimum absolute atomic E-state index is 0.326. The second-order valence-corrected chi connectivity index (χ2v) is 2.88. The van der Waals surface area contributed by atoms with Gasteiger partial charge in [-0.05, 0) is 25.0 Å². The number of aryl methyl sites for hydroxylation is 1. The molecule has 1 aromatic carbocycles. The summed E-state index contributed by atoms with van der Waals surface area (Å²) in [5.41, 5.74) is 1.05. The van der Waals surface area contributed by atoms with Crippen LogP contribution in [0.4, 0.5) is 0 Å². The lowest BCUT2D eigenvalue weighted by Crippen LogP contribution is -2.05. The highest BCUT2D eigenvalue weighted by Gasteiger charge is 2.03. The van der Waals surface area contributed by atoms with Crippen molar-refractivity contribution in [2.24, 2.45) is 0 Å². The second-order valence-electron chi connectivity index (χ2n) is 2.88. The zero-order valence-electron chi connectivity index (χ0n) is 8.49. The first kappa shape index (κ1) is 10.5. The molecule has 0 saturated heterocycles. The van der Waals surface area contributed by atoms with Crippen molar-refractivity contribution in [1.82, 2.24) is 0 Å². The molecule has 0 bridgehead atoms. The van der Waals surface area contributed by atoms with E-state index in [0.717, 1.165) is 12.0 Å². The van der Waals surface area contributed by atoms with Crippen LogP contribution in [0, 0.1) is 0 Å². The summed E-state index contributed by atoms with van der Waals surface area (Å²) in [7, 11) is 0. The van der Waals surface area contributed by atoms with Crippen LogP contribution >= 0.6 is 0 Å². The Kier molecular flexibility index (Phi) is 3.92. The van der Waals surface area contributed by atoms with Gasteiger partial charge in [0.15, 0.2) is 0 Å². The van der Waals surface area contributed by atoms with Gasteiger partial charge >= 0.3 is 5.97 Å². The van der Waals surface area contributed by atoms with Crippen LogP contribution in [0.3, 0.4) is 0 Å². The molecule has 74 valence electrons. The highest BCUT2D eigenvalue weighted by molar-refractivity contribution is 5.84. The molecular weight excluding hydrogens is 176 g/mol. The summed E-state index contributed by atoms with van der Waals surface area (Å²) in [6.45, 7) is 3.81. The molecule has 0 saturated carbocycles. The Bertz CT molecular complexity index is 340. The zero-order chi connectivity index (χ0) is 10.4. The molecule has 0 unspecified atom stereocenters. The van der Waals surface area contributed by atoms with Crippen molar-refractivity contribution >= 4 is 5.97 Å². The SMILES string of the molecule is C/C=C/C(=O)Oc1ccccc1CC. The normalized spacial score (nSPS) is 10.4. The number of ether oxygens (including phenoxy) is 1. The smallest absolute Gasteiger partial charge is 0.335 e. The molecule has 0 aromatic heterocycles. The van der Waals surface area contributed by atoms with E-state index in [0.29, 0.717) is 5.75 Å². The third kappa shape index (κ3) is 2.73. The Morgan fingerprint density at radius 1 is 1.43 bits per heavy atom. The first-order valence-corrected chi connectivity index (χ1v) is 4.70. The summed E-state index contributed by atoms with van der Waals surface area (Å²) in [6.07, 6.45) is 3.93. The molecular formula is C12H14O2. The van der Waals surface area contributed by atoms with Crippen molar-refractivity contribution < 1.29 is 9.53 Å². The quantitative estimate of drug-likeness (QED) is 0.416. The number of carbonyl (C=O) groups excluding carboxylic acids is 1. The van der Waals surface area contributed by atoms with Crippen molar-refractivity contribution in [2.75, 3.05) is 0 Å². The molecule has 2 nitrogen and oxygen atoms in total. The number of allylic oxidation sites excluding steroid dienone is 1. The number of rotatable bonds is 3. The Morgan fingerprint density at radius 3 is 2.79 bits per heavy atom. The van der Waals surface area contributed by atoms with Crippen LogP contribution in [0.25, 0.3) is 0 Å². The molecule has 0 N–H and O–H groups in total. The van der Waals surface area contributed by atoms with Crippen molar-refractivity contribution in [1.29, 1.82) is 0 Å². The van der Waals surface area contributed by atoms with Gasteiger partial charge in [0.25, 0.3) is 0 Å². The molecule has 0 aliphatic carbocycles. The first-order chi connectivity index (χ1) is 6.77. The average Bonchev–Trinajstić information content (AvgIpc) is 2.19. The number of esters is 1. The van der Waals surface area contributed by atoms with E-state index in [-0.39, 0.29) is 5.97 Å². The third-order valence-corrected chi connectivity index (χ3v) is 1.87. The van der Waals surface area contributed by atoms with Crippen molar-refractivity contribution in [2.45, 2.75) is 20.3 Å². The van der Waals surface area contributed by atoms with Gasteiger partial charge in [-0.2, -0.15) is 0 Å². The van der Waals surface area contributed by atoms with Crippen LogP contribution in [0.1, 0.15) is 19.4 Å². The van der Waals surface area contributed by atoms with Crippen molar-refractivity contribution in [3.63, 3.8) is 0 Å². The average molecular weight is 190 g/mol. The van der Waals surface area contributed by atoms with E-state index in [4.69, 9.17) is 4.74 Å². The molecule has 2 heteroatoms. The fourth-order valence-corrected chi connectivity index (χ4v) is 1.17. The number of para-hydroxylation sites is 1. The second kappa shape index (κ2) is 5.22. The summed E-state index contributed by atoms with van der Waals surface area (Å²) in [6, 6.07) is 7.56. The van der Waals surface area contributed by atoms with Gasteiger partial charge in [0.1, 0.15) is 5.75 Å². The van der Waals surface area contributed by atoms with Crippen LogP contribution in [0.15, 0.2) is 36.4 Å². The largest absolute Gasteiger partial charge is 0.423 e. The van der Waals surface area contributed by atoms with Gasteiger partial charge in [-0.1, -0.05) is 31.2 Å². The van der Waals surface area contributed by atoms with Crippen molar-refractivity contribution in [3.05, 3.63) is 42.0 Å². The van der Waals surface area contributed by atoms with E-state index in [2.05, 4.69) is 0 Å². The Morgan fingerprint density at radius 2 is 2.14 bits per heavy atom. The summed E-state index contributed by atoms with van der Waals surface area (Å²) >= 11 is 0. The van der Waals surface area contributed by atoms with Crippen LogP contribution in [-0.4, -0.2) is 5.97 Å². The van der Waals surface area contributed by atoms with E-state index < -0.39 is 0 Å². The lowest BCUT2D eigenvalue weighted by Gasteiger charge is -2.05. The molecule has 0 spiro atoms. The minimum atomic E-state index is -0.326. The molecule has 0 amide bonds. The number of benzene rings is 1. The maximum absolute atomic E-state index is 11.2. The minimum Gasteiger partial charge on any atom is -0.423 e.